The lowest BCUT2D eigenvalue weighted by atomic mass is 10.3. The number of nitrogens with one attached hydrogen (secondary N) is 1. The molecule has 0 fully saturated rings. The average Bonchev–Trinajstić information content (AvgIpc) is 3.08. The molecule has 3 rings (SSSR count). The molecule has 0 saturated carbocycles. The number of ether oxygens (including phenoxy) is 1. The highest BCUT2D eigenvalue weighted by molar-refractivity contribution is 7.15. The Hall–Kier alpha value is -2.16. The van der Waals surface area contributed by atoms with Crippen LogP contribution in [0.1, 0.15) is 17.4 Å². The monoisotopic (exact) mass is 384 g/mol. The maximum atomic E-state index is 12.3. The molecule has 0 aliphatic rings. The molecule has 3 aromatic rings. The summed E-state index contributed by atoms with van der Waals surface area (Å²) in [6.07, 6.45) is 2.08. The highest BCUT2D eigenvalue weighted by Gasteiger charge is 2.25. The molecule has 0 radical (unpaired) electrons. The van der Waals surface area contributed by atoms with Crippen molar-refractivity contribution in [3.8, 4) is 0 Å². The first-order valence-corrected chi connectivity index (χ1v) is 8.34. The fourth-order valence-electron chi connectivity index (χ4n) is 1.93. The van der Waals surface area contributed by atoms with E-state index in [0.29, 0.717) is 10.6 Å². The Bertz CT molecular complexity index is 924. The molecular formula is C14H10Cl2N4O3S. The molecule has 0 saturated heterocycles. The predicted octanol–water partition coefficient (Wildman–Crippen LogP) is 3.28. The van der Waals surface area contributed by atoms with Gasteiger partial charge in [-0.2, -0.15) is 0 Å². The van der Waals surface area contributed by atoms with Crippen molar-refractivity contribution in [1.29, 1.82) is 0 Å². The van der Waals surface area contributed by atoms with Crippen molar-refractivity contribution < 1.29 is 14.3 Å². The number of carbonyl (C=O) groups excluding carboxylic acids is 2. The minimum Gasteiger partial charge on any atom is -0.448 e. The zero-order valence-electron chi connectivity index (χ0n) is 12.2. The second-order valence-electron chi connectivity index (χ2n) is 4.69. The van der Waals surface area contributed by atoms with Crippen molar-refractivity contribution in [2.75, 3.05) is 5.32 Å². The maximum absolute atomic E-state index is 12.3. The fourth-order valence-corrected chi connectivity index (χ4v) is 3.10. The number of amides is 1. The number of thiazole rings is 1. The zero-order chi connectivity index (χ0) is 17.3. The van der Waals surface area contributed by atoms with Gasteiger partial charge in [-0.1, -0.05) is 23.2 Å². The number of rotatable bonds is 4. The van der Waals surface area contributed by atoms with E-state index in [1.54, 1.807) is 23.7 Å². The first kappa shape index (κ1) is 16.7. The third-order valence-corrected chi connectivity index (χ3v) is 4.40. The summed E-state index contributed by atoms with van der Waals surface area (Å²) in [5.41, 5.74) is 0.404. The summed E-state index contributed by atoms with van der Waals surface area (Å²) in [4.78, 5) is 32.9. The third-order valence-electron chi connectivity index (χ3n) is 3.08. The van der Waals surface area contributed by atoms with E-state index >= 15 is 0 Å². The van der Waals surface area contributed by atoms with Crippen molar-refractivity contribution in [2.24, 2.45) is 0 Å². The molecule has 0 bridgehead atoms. The van der Waals surface area contributed by atoms with Crippen LogP contribution in [0.2, 0.25) is 10.3 Å². The number of halogens is 2. The Morgan fingerprint density at radius 1 is 1.38 bits per heavy atom. The van der Waals surface area contributed by atoms with Crippen LogP contribution in [-0.4, -0.2) is 32.3 Å². The number of hydrogen-bond donors (Lipinski definition) is 1. The maximum Gasteiger partial charge on any atom is 0.359 e. The smallest absolute Gasteiger partial charge is 0.359 e. The highest BCUT2D eigenvalue weighted by Crippen LogP contribution is 2.23. The van der Waals surface area contributed by atoms with Gasteiger partial charge in [0.05, 0.1) is 5.69 Å². The normalized spacial score (nSPS) is 12.1. The van der Waals surface area contributed by atoms with E-state index in [1.165, 1.54) is 28.9 Å². The largest absolute Gasteiger partial charge is 0.448 e. The Labute approximate surface area is 150 Å². The summed E-state index contributed by atoms with van der Waals surface area (Å²) in [6.45, 7) is 1.44. The number of imidazole rings is 1. The SMILES string of the molecule is C[C@@H](OC(=O)c1c(Cl)nc2sccn12)C(=O)Nc1cccnc1Cl. The lowest BCUT2D eigenvalue weighted by Crippen LogP contribution is -2.30. The van der Waals surface area contributed by atoms with Gasteiger partial charge in [0.15, 0.2) is 27.1 Å². The molecule has 7 nitrogen and oxygen atoms in total. The number of carbonyl (C=O) groups is 2. The van der Waals surface area contributed by atoms with Crippen LogP contribution in [0.3, 0.4) is 0 Å². The molecule has 1 N–H and O–H groups in total. The Balaban J connectivity index is 1.72. The van der Waals surface area contributed by atoms with Gasteiger partial charge in [-0.15, -0.1) is 11.3 Å². The molecule has 3 aromatic heterocycles. The van der Waals surface area contributed by atoms with Crippen molar-refractivity contribution >= 4 is 57.1 Å². The summed E-state index contributed by atoms with van der Waals surface area (Å²) in [5, 5.41) is 4.47. The summed E-state index contributed by atoms with van der Waals surface area (Å²) in [6, 6.07) is 3.21. The van der Waals surface area contributed by atoms with Crippen LogP contribution in [0.4, 0.5) is 5.69 Å². The van der Waals surface area contributed by atoms with E-state index in [2.05, 4.69) is 15.3 Å². The lowest BCUT2D eigenvalue weighted by molar-refractivity contribution is -0.123. The molecule has 0 aliphatic heterocycles. The molecule has 0 spiro atoms. The quantitative estimate of drug-likeness (QED) is 0.550. The predicted molar refractivity (Wildman–Crippen MR) is 90.8 cm³/mol. The van der Waals surface area contributed by atoms with Crippen molar-refractivity contribution in [1.82, 2.24) is 14.4 Å². The van der Waals surface area contributed by atoms with Gasteiger partial charge in [-0.25, -0.2) is 14.8 Å². The van der Waals surface area contributed by atoms with E-state index in [4.69, 9.17) is 27.9 Å². The number of nitrogens with zero attached hydrogens (tertiary/aromatic N) is 3. The summed E-state index contributed by atoms with van der Waals surface area (Å²) >= 11 is 13.2. The molecular weight excluding hydrogens is 375 g/mol. The summed E-state index contributed by atoms with van der Waals surface area (Å²) < 4.78 is 6.68. The number of aromatic nitrogens is 3. The average molecular weight is 385 g/mol. The molecule has 0 unspecified atom stereocenters. The second-order valence-corrected chi connectivity index (χ2v) is 6.27. The third kappa shape index (κ3) is 3.21. The topological polar surface area (TPSA) is 85.6 Å². The van der Waals surface area contributed by atoms with Crippen LogP contribution >= 0.6 is 34.5 Å². The van der Waals surface area contributed by atoms with Crippen LogP contribution in [0.25, 0.3) is 4.96 Å². The molecule has 1 atom stereocenters. The second kappa shape index (κ2) is 6.76. The Morgan fingerprint density at radius 2 is 2.17 bits per heavy atom. The molecule has 124 valence electrons. The van der Waals surface area contributed by atoms with E-state index in [9.17, 15) is 9.59 Å². The minimum absolute atomic E-state index is 0.0229. The number of fused-ring (bicyclic) bond motifs is 1. The van der Waals surface area contributed by atoms with Gasteiger partial charge < -0.3 is 10.1 Å². The number of anilines is 1. The van der Waals surface area contributed by atoms with Gasteiger partial charge in [0.25, 0.3) is 5.91 Å². The molecule has 24 heavy (non-hydrogen) atoms. The van der Waals surface area contributed by atoms with Gasteiger partial charge in [0.1, 0.15) is 0 Å². The first-order chi connectivity index (χ1) is 11.5. The lowest BCUT2D eigenvalue weighted by Gasteiger charge is -2.13. The van der Waals surface area contributed by atoms with Gasteiger partial charge in [-0.05, 0) is 19.1 Å². The van der Waals surface area contributed by atoms with E-state index < -0.39 is 18.0 Å². The van der Waals surface area contributed by atoms with Crippen LogP contribution in [-0.2, 0) is 9.53 Å². The number of esters is 1. The zero-order valence-corrected chi connectivity index (χ0v) is 14.5. The number of hydrogen-bond acceptors (Lipinski definition) is 6. The van der Waals surface area contributed by atoms with Crippen molar-refractivity contribution in [3.05, 3.63) is 45.9 Å². The van der Waals surface area contributed by atoms with Crippen LogP contribution in [0, 0.1) is 0 Å². The molecule has 10 heteroatoms. The van der Waals surface area contributed by atoms with E-state index in [-0.39, 0.29) is 16.0 Å². The number of pyridine rings is 1. The van der Waals surface area contributed by atoms with Crippen molar-refractivity contribution in [2.45, 2.75) is 13.0 Å². The van der Waals surface area contributed by atoms with Crippen LogP contribution in [0.5, 0.6) is 0 Å². The summed E-state index contributed by atoms with van der Waals surface area (Å²) in [5.74, 6) is -1.29. The fraction of sp³-hybridized carbons (Fsp3) is 0.143. The van der Waals surface area contributed by atoms with Gasteiger partial charge in [0.2, 0.25) is 0 Å². The van der Waals surface area contributed by atoms with Gasteiger partial charge >= 0.3 is 5.97 Å². The van der Waals surface area contributed by atoms with Gasteiger partial charge in [0, 0.05) is 17.8 Å². The standard InChI is InChI=1S/C14H10Cl2N4O3S/c1-7(12(21)18-8-3-2-4-17-10(8)15)23-13(22)9-11(16)19-14-20(9)5-6-24-14/h2-7H,1H3,(H,18,21)/t7-/m1/s1. The molecule has 1 amide bonds. The minimum atomic E-state index is -1.06. The molecule has 0 aromatic carbocycles. The highest BCUT2D eigenvalue weighted by atomic mass is 35.5. The van der Waals surface area contributed by atoms with Gasteiger partial charge in [-0.3, -0.25) is 9.20 Å². The summed E-state index contributed by atoms with van der Waals surface area (Å²) in [7, 11) is 0. The Morgan fingerprint density at radius 3 is 2.92 bits per heavy atom. The molecule has 3 heterocycles. The first-order valence-electron chi connectivity index (χ1n) is 6.70. The van der Waals surface area contributed by atoms with Crippen LogP contribution in [0.15, 0.2) is 29.9 Å². The van der Waals surface area contributed by atoms with Crippen LogP contribution < -0.4 is 5.32 Å². The van der Waals surface area contributed by atoms with E-state index in [1.807, 2.05) is 0 Å². The van der Waals surface area contributed by atoms with E-state index in [0.717, 1.165) is 0 Å². The molecule has 0 aliphatic carbocycles. The van der Waals surface area contributed by atoms with Crippen molar-refractivity contribution in [3.63, 3.8) is 0 Å². The Kier molecular flexibility index (Phi) is 4.70.